The maximum absolute atomic E-state index is 13.0. The highest BCUT2D eigenvalue weighted by Crippen LogP contribution is 2.30. The number of likely N-dealkylation sites (tertiary alicyclic amines) is 1. The molecule has 1 saturated heterocycles. The van der Waals surface area contributed by atoms with Crippen LogP contribution in [-0.2, 0) is 26.0 Å². The van der Waals surface area contributed by atoms with Crippen LogP contribution in [0.5, 0.6) is 0 Å². The summed E-state index contributed by atoms with van der Waals surface area (Å²) in [5.41, 5.74) is 2.27. The SMILES string of the molecule is CCc1ccccc1NC(=O)CNC(=O)[C@H]1CCCCN1C1=NS(=O)(=O)c2ccccc21. The van der Waals surface area contributed by atoms with Gasteiger partial charge in [-0.25, -0.2) is 0 Å². The number of nitrogens with one attached hydrogen (secondary N) is 2. The molecule has 1 fully saturated rings. The molecule has 9 heteroatoms. The summed E-state index contributed by atoms with van der Waals surface area (Å²) in [4.78, 5) is 27.3. The van der Waals surface area contributed by atoms with Crippen molar-refractivity contribution >= 4 is 33.4 Å². The number of amidine groups is 1. The highest BCUT2D eigenvalue weighted by Gasteiger charge is 2.37. The summed E-state index contributed by atoms with van der Waals surface area (Å²) in [7, 11) is -3.77. The first kappa shape index (κ1) is 22.0. The Balaban J connectivity index is 1.45. The van der Waals surface area contributed by atoms with E-state index in [4.69, 9.17) is 0 Å². The monoisotopic (exact) mass is 454 g/mol. The number of piperidine rings is 1. The van der Waals surface area contributed by atoms with Gasteiger partial charge in [0.1, 0.15) is 10.9 Å². The predicted molar refractivity (Wildman–Crippen MR) is 122 cm³/mol. The molecular weight excluding hydrogens is 428 g/mol. The minimum absolute atomic E-state index is 0.161. The number of aryl methyl sites for hydroxylation is 1. The minimum atomic E-state index is -3.77. The lowest BCUT2D eigenvalue weighted by Crippen LogP contribution is -2.52. The molecule has 168 valence electrons. The van der Waals surface area contributed by atoms with Crippen LogP contribution in [0.2, 0.25) is 0 Å². The van der Waals surface area contributed by atoms with Gasteiger partial charge >= 0.3 is 0 Å². The number of sulfonamides is 1. The number of fused-ring (bicyclic) bond motifs is 1. The zero-order chi connectivity index (χ0) is 22.7. The zero-order valence-corrected chi connectivity index (χ0v) is 18.7. The molecule has 2 aromatic rings. The fourth-order valence-corrected chi connectivity index (χ4v) is 5.40. The number of nitrogens with zero attached hydrogens (tertiary/aromatic N) is 2. The normalized spacial score (nSPS) is 19.1. The van der Waals surface area contributed by atoms with Crippen LogP contribution in [0.1, 0.15) is 37.3 Å². The fourth-order valence-electron chi connectivity index (χ4n) is 4.18. The Morgan fingerprint density at radius 2 is 1.84 bits per heavy atom. The van der Waals surface area contributed by atoms with Gasteiger partial charge in [-0.15, -0.1) is 4.40 Å². The molecule has 0 aromatic heterocycles. The lowest BCUT2D eigenvalue weighted by Gasteiger charge is -2.36. The van der Waals surface area contributed by atoms with Crippen molar-refractivity contribution in [2.24, 2.45) is 4.40 Å². The maximum atomic E-state index is 13.0. The number of rotatable bonds is 5. The average Bonchev–Trinajstić information content (AvgIpc) is 3.09. The van der Waals surface area contributed by atoms with Crippen molar-refractivity contribution in [2.45, 2.75) is 43.5 Å². The summed E-state index contributed by atoms with van der Waals surface area (Å²) >= 11 is 0. The van der Waals surface area contributed by atoms with E-state index < -0.39 is 16.1 Å². The number of hydrogen-bond donors (Lipinski definition) is 2. The maximum Gasteiger partial charge on any atom is 0.285 e. The van der Waals surface area contributed by atoms with E-state index in [0.29, 0.717) is 24.4 Å². The predicted octanol–water partition coefficient (Wildman–Crippen LogP) is 2.31. The number of para-hydroxylation sites is 1. The van der Waals surface area contributed by atoms with Gasteiger partial charge in [0.05, 0.1) is 6.54 Å². The van der Waals surface area contributed by atoms with E-state index in [1.807, 2.05) is 31.2 Å². The number of carbonyl (C=O) groups excluding carboxylic acids is 2. The van der Waals surface area contributed by atoms with Crippen molar-refractivity contribution in [3.8, 4) is 0 Å². The van der Waals surface area contributed by atoms with E-state index in [0.717, 1.165) is 30.5 Å². The lowest BCUT2D eigenvalue weighted by atomic mass is 9.99. The highest BCUT2D eigenvalue weighted by atomic mass is 32.2. The standard InChI is InChI=1S/C23H26N4O4S/c1-2-16-9-3-5-11-18(16)25-21(28)15-24-23(29)19-12-7-8-14-27(19)22-17-10-4-6-13-20(17)32(30,31)26-22/h3-6,9-11,13,19H,2,7-8,12,14-15H2,1H3,(H,24,29)(H,25,28)/t19-/m1/s1. The molecule has 0 unspecified atom stereocenters. The van der Waals surface area contributed by atoms with Crippen molar-refractivity contribution in [3.05, 3.63) is 59.7 Å². The smallest absolute Gasteiger partial charge is 0.285 e. The van der Waals surface area contributed by atoms with E-state index in [9.17, 15) is 18.0 Å². The molecule has 2 aliphatic heterocycles. The first-order valence-electron chi connectivity index (χ1n) is 10.8. The Morgan fingerprint density at radius 1 is 1.09 bits per heavy atom. The van der Waals surface area contributed by atoms with Crippen LogP contribution in [0.15, 0.2) is 57.8 Å². The minimum Gasteiger partial charge on any atom is -0.345 e. The van der Waals surface area contributed by atoms with Crippen molar-refractivity contribution in [3.63, 3.8) is 0 Å². The number of carbonyl (C=O) groups is 2. The topological polar surface area (TPSA) is 108 Å². The fraction of sp³-hybridized carbons (Fsp3) is 0.348. The van der Waals surface area contributed by atoms with Crippen molar-refractivity contribution in [2.75, 3.05) is 18.4 Å². The molecule has 32 heavy (non-hydrogen) atoms. The van der Waals surface area contributed by atoms with E-state index in [-0.39, 0.29) is 23.3 Å². The van der Waals surface area contributed by atoms with Gasteiger partial charge in [0.15, 0.2) is 5.84 Å². The highest BCUT2D eigenvalue weighted by molar-refractivity contribution is 7.90. The lowest BCUT2D eigenvalue weighted by molar-refractivity contribution is -0.128. The Morgan fingerprint density at radius 3 is 2.66 bits per heavy atom. The zero-order valence-electron chi connectivity index (χ0n) is 17.9. The summed E-state index contributed by atoms with van der Waals surface area (Å²) in [6.45, 7) is 2.37. The van der Waals surface area contributed by atoms with Gasteiger partial charge in [-0.3, -0.25) is 9.59 Å². The van der Waals surface area contributed by atoms with E-state index >= 15 is 0 Å². The second kappa shape index (κ2) is 9.12. The van der Waals surface area contributed by atoms with E-state index in [2.05, 4.69) is 15.0 Å². The number of anilines is 1. The molecule has 2 amide bonds. The molecule has 2 heterocycles. The third-order valence-electron chi connectivity index (χ3n) is 5.79. The van der Waals surface area contributed by atoms with Gasteiger partial charge in [-0.2, -0.15) is 8.42 Å². The van der Waals surface area contributed by atoms with Crippen molar-refractivity contribution in [1.82, 2.24) is 10.2 Å². The van der Waals surface area contributed by atoms with E-state index in [1.165, 1.54) is 6.07 Å². The summed E-state index contributed by atoms with van der Waals surface area (Å²) in [5.74, 6) is -0.317. The molecule has 0 aliphatic carbocycles. The molecule has 4 rings (SSSR count). The summed E-state index contributed by atoms with van der Waals surface area (Å²) in [5, 5.41) is 5.55. The molecule has 0 spiro atoms. The Labute approximate surface area is 187 Å². The van der Waals surface area contributed by atoms with Gasteiger partial charge in [-0.1, -0.05) is 37.3 Å². The number of hydrogen-bond acceptors (Lipinski definition) is 5. The second-order valence-corrected chi connectivity index (χ2v) is 9.44. The van der Waals surface area contributed by atoms with Crippen LogP contribution in [0.4, 0.5) is 5.69 Å². The molecule has 0 radical (unpaired) electrons. The Bertz CT molecular complexity index is 1180. The Kier molecular flexibility index (Phi) is 6.27. The Hall–Kier alpha value is -3.20. The summed E-state index contributed by atoms with van der Waals surface area (Å²) in [6, 6.07) is 13.6. The molecule has 2 N–H and O–H groups in total. The van der Waals surface area contributed by atoms with Crippen LogP contribution in [0, 0.1) is 0 Å². The van der Waals surface area contributed by atoms with E-state index in [1.54, 1.807) is 23.1 Å². The number of amides is 2. The summed E-state index contributed by atoms with van der Waals surface area (Å²) in [6.07, 6.45) is 3.02. The second-order valence-electron chi connectivity index (χ2n) is 7.87. The van der Waals surface area contributed by atoms with Crippen molar-refractivity contribution in [1.29, 1.82) is 0 Å². The first-order valence-corrected chi connectivity index (χ1v) is 12.2. The molecule has 0 bridgehead atoms. The third-order valence-corrected chi connectivity index (χ3v) is 7.11. The first-order chi connectivity index (χ1) is 15.4. The molecular formula is C23H26N4O4S. The largest absolute Gasteiger partial charge is 0.345 e. The van der Waals surface area contributed by atoms with Crippen LogP contribution >= 0.6 is 0 Å². The van der Waals surface area contributed by atoms with Crippen LogP contribution < -0.4 is 10.6 Å². The molecule has 2 aromatic carbocycles. The van der Waals surface area contributed by atoms with Gasteiger partial charge < -0.3 is 15.5 Å². The summed E-state index contributed by atoms with van der Waals surface area (Å²) < 4.78 is 28.9. The molecule has 8 nitrogen and oxygen atoms in total. The van der Waals surface area contributed by atoms with Gasteiger partial charge in [0, 0.05) is 17.8 Å². The quantitative estimate of drug-likeness (QED) is 0.721. The van der Waals surface area contributed by atoms with Gasteiger partial charge in [0.25, 0.3) is 10.0 Å². The van der Waals surface area contributed by atoms with Crippen molar-refractivity contribution < 1.29 is 18.0 Å². The molecule has 0 saturated carbocycles. The molecule has 1 atom stereocenters. The van der Waals surface area contributed by atoms with Gasteiger partial charge in [0.2, 0.25) is 11.8 Å². The van der Waals surface area contributed by atoms with Crippen LogP contribution in [-0.4, -0.2) is 50.1 Å². The average molecular weight is 455 g/mol. The number of benzene rings is 2. The van der Waals surface area contributed by atoms with Gasteiger partial charge in [-0.05, 0) is 49.4 Å². The third kappa shape index (κ3) is 4.38. The molecule has 2 aliphatic rings. The van der Waals surface area contributed by atoms with Crippen LogP contribution in [0.25, 0.3) is 0 Å². The van der Waals surface area contributed by atoms with Crippen LogP contribution in [0.3, 0.4) is 0 Å².